The quantitative estimate of drug-likeness (QED) is 0.712. The SMILES string of the molecule is Cc1c(C=O)ccc(N2CCOCC2)c1C. The number of aldehydes is 1. The molecule has 1 fully saturated rings. The standard InChI is InChI=1S/C13H17NO2/c1-10-11(2)13(4-3-12(10)9-15)14-5-7-16-8-6-14/h3-4,9H,5-8H2,1-2H3. The molecule has 3 nitrogen and oxygen atoms in total. The number of benzene rings is 1. The minimum absolute atomic E-state index is 0.786. The smallest absolute Gasteiger partial charge is 0.150 e. The Morgan fingerprint density at radius 2 is 1.88 bits per heavy atom. The highest BCUT2D eigenvalue weighted by atomic mass is 16.5. The number of anilines is 1. The van der Waals surface area contributed by atoms with Gasteiger partial charge in [-0.15, -0.1) is 0 Å². The van der Waals surface area contributed by atoms with Crippen molar-refractivity contribution in [3.8, 4) is 0 Å². The van der Waals surface area contributed by atoms with E-state index in [4.69, 9.17) is 4.74 Å². The molecule has 1 aromatic rings. The van der Waals surface area contributed by atoms with Gasteiger partial charge in [0.05, 0.1) is 13.2 Å². The first-order valence-electron chi connectivity index (χ1n) is 5.62. The molecule has 0 amide bonds. The lowest BCUT2D eigenvalue weighted by molar-refractivity contribution is 0.112. The van der Waals surface area contributed by atoms with Gasteiger partial charge < -0.3 is 9.64 Å². The van der Waals surface area contributed by atoms with Crippen LogP contribution in [-0.2, 0) is 4.74 Å². The van der Waals surface area contributed by atoms with Gasteiger partial charge in [-0.1, -0.05) is 0 Å². The van der Waals surface area contributed by atoms with E-state index in [1.54, 1.807) is 0 Å². The second kappa shape index (κ2) is 4.66. The number of hydrogen-bond acceptors (Lipinski definition) is 3. The van der Waals surface area contributed by atoms with Gasteiger partial charge in [0, 0.05) is 24.3 Å². The Labute approximate surface area is 96.0 Å². The van der Waals surface area contributed by atoms with Crippen LogP contribution >= 0.6 is 0 Å². The van der Waals surface area contributed by atoms with Crippen LogP contribution in [0.25, 0.3) is 0 Å². The fourth-order valence-electron chi connectivity index (χ4n) is 2.10. The zero-order valence-electron chi connectivity index (χ0n) is 9.82. The molecule has 0 aromatic heterocycles. The highest BCUT2D eigenvalue weighted by molar-refractivity contribution is 5.80. The van der Waals surface area contributed by atoms with Crippen LogP contribution in [0.1, 0.15) is 21.5 Å². The van der Waals surface area contributed by atoms with Crippen molar-refractivity contribution in [2.24, 2.45) is 0 Å². The minimum atomic E-state index is 0.786. The van der Waals surface area contributed by atoms with E-state index >= 15 is 0 Å². The largest absolute Gasteiger partial charge is 0.378 e. The molecule has 1 aliphatic heterocycles. The summed E-state index contributed by atoms with van der Waals surface area (Å²) in [7, 11) is 0. The van der Waals surface area contributed by atoms with Crippen LogP contribution in [0.5, 0.6) is 0 Å². The van der Waals surface area contributed by atoms with E-state index in [-0.39, 0.29) is 0 Å². The van der Waals surface area contributed by atoms with E-state index in [1.165, 1.54) is 11.3 Å². The molecule has 16 heavy (non-hydrogen) atoms. The van der Waals surface area contributed by atoms with E-state index in [1.807, 2.05) is 19.1 Å². The van der Waals surface area contributed by atoms with Crippen LogP contribution in [0, 0.1) is 13.8 Å². The van der Waals surface area contributed by atoms with Gasteiger partial charge in [0.15, 0.2) is 0 Å². The van der Waals surface area contributed by atoms with Crippen molar-refractivity contribution in [1.82, 2.24) is 0 Å². The number of carbonyl (C=O) groups excluding carboxylic acids is 1. The Morgan fingerprint density at radius 1 is 1.19 bits per heavy atom. The molecule has 3 heteroatoms. The normalized spacial score (nSPS) is 16.2. The molecule has 0 spiro atoms. The number of nitrogens with zero attached hydrogens (tertiary/aromatic N) is 1. The van der Waals surface area contributed by atoms with Crippen LogP contribution < -0.4 is 4.90 Å². The average Bonchev–Trinajstić information content (AvgIpc) is 2.34. The molecule has 1 saturated heterocycles. The van der Waals surface area contributed by atoms with Crippen molar-refractivity contribution in [1.29, 1.82) is 0 Å². The lowest BCUT2D eigenvalue weighted by Gasteiger charge is -2.30. The highest BCUT2D eigenvalue weighted by Gasteiger charge is 2.15. The molecule has 0 N–H and O–H groups in total. The Balaban J connectivity index is 2.34. The van der Waals surface area contributed by atoms with Crippen molar-refractivity contribution >= 4 is 12.0 Å². The Hall–Kier alpha value is -1.35. The fraction of sp³-hybridized carbons (Fsp3) is 0.462. The van der Waals surface area contributed by atoms with E-state index in [0.29, 0.717) is 0 Å². The van der Waals surface area contributed by atoms with Gasteiger partial charge in [-0.3, -0.25) is 4.79 Å². The molecule has 0 saturated carbocycles. The molecule has 86 valence electrons. The van der Waals surface area contributed by atoms with Gasteiger partial charge >= 0.3 is 0 Å². The molecule has 2 rings (SSSR count). The number of morpholine rings is 1. The van der Waals surface area contributed by atoms with Crippen molar-refractivity contribution in [3.63, 3.8) is 0 Å². The number of ether oxygens (including phenoxy) is 1. The maximum atomic E-state index is 10.8. The summed E-state index contributed by atoms with van der Waals surface area (Å²) in [5.41, 5.74) is 4.30. The van der Waals surface area contributed by atoms with Crippen LogP contribution in [-0.4, -0.2) is 32.6 Å². The molecule has 1 heterocycles. The Bertz CT molecular complexity index is 395. The first-order valence-corrected chi connectivity index (χ1v) is 5.62. The molecule has 1 aromatic carbocycles. The van der Waals surface area contributed by atoms with Crippen LogP contribution in [0.3, 0.4) is 0 Å². The summed E-state index contributed by atoms with van der Waals surface area (Å²) in [5.74, 6) is 0. The van der Waals surface area contributed by atoms with E-state index in [0.717, 1.165) is 43.7 Å². The molecule has 1 aliphatic rings. The molecule has 0 aliphatic carbocycles. The van der Waals surface area contributed by atoms with Crippen LogP contribution in [0.4, 0.5) is 5.69 Å². The summed E-state index contributed by atoms with van der Waals surface area (Å²) >= 11 is 0. The summed E-state index contributed by atoms with van der Waals surface area (Å²) in [6.07, 6.45) is 0.922. The lowest BCUT2D eigenvalue weighted by Crippen LogP contribution is -2.36. The third-order valence-electron chi connectivity index (χ3n) is 3.28. The third kappa shape index (κ3) is 1.95. The predicted octanol–water partition coefficient (Wildman–Crippen LogP) is 1.95. The third-order valence-corrected chi connectivity index (χ3v) is 3.28. The van der Waals surface area contributed by atoms with E-state index in [9.17, 15) is 4.79 Å². The van der Waals surface area contributed by atoms with Crippen molar-refractivity contribution in [2.75, 3.05) is 31.2 Å². The molecular weight excluding hydrogens is 202 g/mol. The maximum absolute atomic E-state index is 10.8. The second-order valence-corrected chi connectivity index (χ2v) is 4.14. The molecule has 0 radical (unpaired) electrons. The van der Waals surface area contributed by atoms with Gasteiger partial charge in [0.1, 0.15) is 6.29 Å². The zero-order valence-corrected chi connectivity index (χ0v) is 9.82. The summed E-state index contributed by atoms with van der Waals surface area (Å²) in [4.78, 5) is 13.2. The fourth-order valence-corrected chi connectivity index (χ4v) is 2.10. The highest BCUT2D eigenvalue weighted by Crippen LogP contribution is 2.25. The lowest BCUT2D eigenvalue weighted by atomic mass is 10.0. The number of carbonyl (C=O) groups is 1. The molecule has 0 unspecified atom stereocenters. The first kappa shape index (κ1) is 11.1. The summed E-state index contributed by atoms with van der Waals surface area (Å²) in [6, 6.07) is 3.94. The zero-order chi connectivity index (χ0) is 11.5. The Morgan fingerprint density at radius 3 is 2.50 bits per heavy atom. The number of hydrogen-bond donors (Lipinski definition) is 0. The van der Waals surface area contributed by atoms with Gasteiger partial charge in [0.2, 0.25) is 0 Å². The van der Waals surface area contributed by atoms with E-state index < -0.39 is 0 Å². The maximum Gasteiger partial charge on any atom is 0.150 e. The van der Waals surface area contributed by atoms with Crippen LogP contribution in [0.2, 0.25) is 0 Å². The topological polar surface area (TPSA) is 29.5 Å². The van der Waals surface area contributed by atoms with Crippen molar-refractivity contribution < 1.29 is 9.53 Å². The summed E-state index contributed by atoms with van der Waals surface area (Å²) in [6.45, 7) is 7.51. The number of rotatable bonds is 2. The molecular formula is C13H17NO2. The Kier molecular flexibility index (Phi) is 3.25. The predicted molar refractivity (Wildman–Crippen MR) is 64.3 cm³/mol. The summed E-state index contributed by atoms with van der Waals surface area (Å²) < 4.78 is 5.34. The van der Waals surface area contributed by atoms with Gasteiger partial charge in [-0.05, 0) is 37.1 Å². The first-order chi connectivity index (χ1) is 7.74. The molecule has 0 atom stereocenters. The van der Waals surface area contributed by atoms with Gasteiger partial charge in [-0.25, -0.2) is 0 Å². The van der Waals surface area contributed by atoms with Crippen LogP contribution in [0.15, 0.2) is 12.1 Å². The van der Waals surface area contributed by atoms with Crippen molar-refractivity contribution in [3.05, 3.63) is 28.8 Å². The monoisotopic (exact) mass is 219 g/mol. The second-order valence-electron chi connectivity index (χ2n) is 4.14. The minimum Gasteiger partial charge on any atom is -0.378 e. The average molecular weight is 219 g/mol. The van der Waals surface area contributed by atoms with Gasteiger partial charge in [-0.2, -0.15) is 0 Å². The van der Waals surface area contributed by atoms with E-state index in [2.05, 4.69) is 11.8 Å². The molecule has 0 bridgehead atoms. The summed E-state index contributed by atoms with van der Waals surface area (Å²) in [5, 5.41) is 0. The van der Waals surface area contributed by atoms with Crippen molar-refractivity contribution in [2.45, 2.75) is 13.8 Å². The van der Waals surface area contributed by atoms with Gasteiger partial charge in [0.25, 0.3) is 0 Å².